The van der Waals surface area contributed by atoms with Crippen LogP contribution in [-0.4, -0.2) is 19.8 Å². The SMILES string of the molecule is CNC(c1cccc(F)c1F)C1OCCC1C. The Balaban J connectivity index is 2.31. The zero-order chi connectivity index (χ0) is 12.4. The van der Waals surface area contributed by atoms with Gasteiger partial charge in [0, 0.05) is 12.2 Å². The molecule has 17 heavy (non-hydrogen) atoms. The van der Waals surface area contributed by atoms with E-state index >= 15 is 0 Å². The summed E-state index contributed by atoms with van der Waals surface area (Å²) in [7, 11) is 1.74. The highest BCUT2D eigenvalue weighted by atomic mass is 19.2. The fraction of sp³-hybridized carbons (Fsp3) is 0.538. The number of halogens is 2. The Morgan fingerprint density at radius 1 is 1.41 bits per heavy atom. The highest BCUT2D eigenvalue weighted by Crippen LogP contribution is 2.32. The van der Waals surface area contributed by atoms with Gasteiger partial charge in [-0.25, -0.2) is 8.78 Å². The summed E-state index contributed by atoms with van der Waals surface area (Å²) in [6.07, 6.45) is 0.857. The molecular weight excluding hydrogens is 224 g/mol. The minimum absolute atomic E-state index is 0.101. The maximum Gasteiger partial charge on any atom is 0.163 e. The van der Waals surface area contributed by atoms with Crippen molar-refractivity contribution in [3.63, 3.8) is 0 Å². The summed E-state index contributed by atoms with van der Waals surface area (Å²) in [5, 5.41) is 3.03. The van der Waals surface area contributed by atoms with E-state index in [0.717, 1.165) is 12.5 Å². The molecule has 0 amide bonds. The van der Waals surface area contributed by atoms with Gasteiger partial charge < -0.3 is 10.1 Å². The molecule has 1 N–H and O–H groups in total. The number of rotatable bonds is 3. The Morgan fingerprint density at radius 2 is 2.18 bits per heavy atom. The van der Waals surface area contributed by atoms with Gasteiger partial charge in [-0.3, -0.25) is 0 Å². The molecule has 94 valence electrons. The van der Waals surface area contributed by atoms with Crippen LogP contribution < -0.4 is 5.32 Å². The summed E-state index contributed by atoms with van der Waals surface area (Å²) in [5.41, 5.74) is 0.339. The lowest BCUT2D eigenvalue weighted by molar-refractivity contribution is 0.0618. The predicted molar refractivity (Wildman–Crippen MR) is 61.7 cm³/mol. The van der Waals surface area contributed by atoms with E-state index in [2.05, 4.69) is 12.2 Å². The first-order valence-corrected chi connectivity index (χ1v) is 5.88. The van der Waals surface area contributed by atoms with Crippen LogP contribution in [0.1, 0.15) is 24.9 Å². The summed E-state index contributed by atoms with van der Waals surface area (Å²) >= 11 is 0. The highest BCUT2D eigenvalue weighted by molar-refractivity contribution is 5.24. The van der Waals surface area contributed by atoms with Gasteiger partial charge in [-0.15, -0.1) is 0 Å². The van der Waals surface area contributed by atoms with E-state index in [4.69, 9.17) is 4.74 Å². The van der Waals surface area contributed by atoms with Crippen molar-refractivity contribution in [2.75, 3.05) is 13.7 Å². The Labute approximate surface area is 100.0 Å². The molecule has 2 nitrogen and oxygen atoms in total. The third-order valence-corrected chi connectivity index (χ3v) is 3.40. The first-order chi connectivity index (χ1) is 8.15. The van der Waals surface area contributed by atoms with Crippen LogP contribution >= 0.6 is 0 Å². The molecule has 0 aliphatic carbocycles. The molecule has 2 rings (SSSR count). The quantitative estimate of drug-likeness (QED) is 0.878. The van der Waals surface area contributed by atoms with Crippen molar-refractivity contribution in [3.05, 3.63) is 35.4 Å². The third kappa shape index (κ3) is 2.33. The van der Waals surface area contributed by atoms with Crippen LogP contribution in [0.5, 0.6) is 0 Å². The molecule has 1 fully saturated rings. The van der Waals surface area contributed by atoms with Gasteiger partial charge in [-0.05, 0) is 25.5 Å². The number of ether oxygens (including phenoxy) is 1. The Bertz CT molecular complexity index is 397. The van der Waals surface area contributed by atoms with Crippen LogP contribution in [0.15, 0.2) is 18.2 Å². The van der Waals surface area contributed by atoms with E-state index < -0.39 is 11.6 Å². The molecule has 1 aromatic rings. The van der Waals surface area contributed by atoms with E-state index in [-0.39, 0.29) is 12.1 Å². The molecule has 0 saturated carbocycles. The summed E-state index contributed by atoms with van der Waals surface area (Å²) in [4.78, 5) is 0. The maximum absolute atomic E-state index is 13.7. The summed E-state index contributed by atoms with van der Waals surface area (Å²) < 4.78 is 32.6. The van der Waals surface area contributed by atoms with Gasteiger partial charge in [0.05, 0.1) is 12.1 Å². The first-order valence-electron chi connectivity index (χ1n) is 5.88. The lowest BCUT2D eigenvalue weighted by Gasteiger charge is -2.26. The van der Waals surface area contributed by atoms with E-state index in [1.54, 1.807) is 13.1 Å². The van der Waals surface area contributed by atoms with E-state index in [0.29, 0.717) is 18.1 Å². The predicted octanol–water partition coefficient (Wildman–Crippen LogP) is 2.65. The molecule has 0 radical (unpaired) electrons. The minimum atomic E-state index is -0.812. The average molecular weight is 241 g/mol. The fourth-order valence-corrected chi connectivity index (χ4v) is 2.40. The minimum Gasteiger partial charge on any atom is -0.376 e. The van der Waals surface area contributed by atoms with Crippen molar-refractivity contribution in [2.24, 2.45) is 5.92 Å². The van der Waals surface area contributed by atoms with Crippen molar-refractivity contribution in [1.82, 2.24) is 5.32 Å². The molecule has 0 bridgehead atoms. The number of nitrogens with one attached hydrogen (secondary N) is 1. The molecule has 1 saturated heterocycles. The molecule has 1 aromatic carbocycles. The van der Waals surface area contributed by atoms with Crippen LogP contribution in [0, 0.1) is 17.6 Å². The molecule has 0 aromatic heterocycles. The van der Waals surface area contributed by atoms with Crippen LogP contribution in [0.3, 0.4) is 0 Å². The molecule has 0 spiro atoms. The van der Waals surface area contributed by atoms with Gasteiger partial charge in [0.15, 0.2) is 11.6 Å². The van der Waals surface area contributed by atoms with Gasteiger partial charge in [-0.1, -0.05) is 19.1 Å². The largest absolute Gasteiger partial charge is 0.376 e. The van der Waals surface area contributed by atoms with E-state index in [1.165, 1.54) is 6.07 Å². The molecule has 3 atom stereocenters. The smallest absolute Gasteiger partial charge is 0.163 e. The molecule has 1 aliphatic rings. The van der Waals surface area contributed by atoms with Crippen LogP contribution in [0.4, 0.5) is 8.78 Å². The van der Waals surface area contributed by atoms with Crippen molar-refractivity contribution in [1.29, 1.82) is 0 Å². The topological polar surface area (TPSA) is 21.3 Å². The van der Waals surface area contributed by atoms with Gasteiger partial charge in [0.2, 0.25) is 0 Å². The Kier molecular flexibility index (Phi) is 3.74. The highest BCUT2D eigenvalue weighted by Gasteiger charge is 2.33. The zero-order valence-electron chi connectivity index (χ0n) is 10.0. The normalized spacial score (nSPS) is 26.1. The van der Waals surface area contributed by atoms with Gasteiger partial charge in [0.25, 0.3) is 0 Å². The second-order valence-electron chi connectivity index (χ2n) is 4.51. The lowest BCUT2D eigenvalue weighted by atomic mass is 9.92. The van der Waals surface area contributed by atoms with E-state index in [1.807, 2.05) is 0 Å². The number of likely N-dealkylation sites (N-methyl/N-ethyl adjacent to an activating group) is 1. The number of benzene rings is 1. The molecule has 3 unspecified atom stereocenters. The molecule has 4 heteroatoms. The monoisotopic (exact) mass is 241 g/mol. The second kappa shape index (κ2) is 5.10. The van der Waals surface area contributed by atoms with Crippen molar-refractivity contribution >= 4 is 0 Å². The Morgan fingerprint density at radius 3 is 2.76 bits per heavy atom. The lowest BCUT2D eigenvalue weighted by Crippen LogP contribution is -2.33. The van der Waals surface area contributed by atoms with E-state index in [9.17, 15) is 8.78 Å². The molecule has 1 heterocycles. The van der Waals surface area contributed by atoms with Crippen molar-refractivity contribution < 1.29 is 13.5 Å². The van der Waals surface area contributed by atoms with Crippen LogP contribution in [0.25, 0.3) is 0 Å². The van der Waals surface area contributed by atoms with Gasteiger partial charge in [0.1, 0.15) is 0 Å². The second-order valence-corrected chi connectivity index (χ2v) is 4.51. The maximum atomic E-state index is 13.7. The van der Waals surface area contributed by atoms with Crippen molar-refractivity contribution in [3.8, 4) is 0 Å². The zero-order valence-corrected chi connectivity index (χ0v) is 10.0. The average Bonchev–Trinajstić information content (AvgIpc) is 2.72. The first kappa shape index (κ1) is 12.5. The van der Waals surface area contributed by atoms with Crippen LogP contribution in [-0.2, 0) is 4.74 Å². The Hall–Kier alpha value is -1.00. The molecular formula is C13H17F2NO. The fourth-order valence-electron chi connectivity index (χ4n) is 2.40. The van der Waals surface area contributed by atoms with Crippen molar-refractivity contribution in [2.45, 2.75) is 25.5 Å². The summed E-state index contributed by atoms with van der Waals surface area (Å²) in [6, 6.07) is 3.96. The summed E-state index contributed by atoms with van der Waals surface area (Å²) in [5.74, 6) is -1.25. The van der Waals surface area contributed by atoms with Gasteiger partial charge >= 0.3 is 0 Å². The summed E-state index contributed by atoms with van der Waals surface area (Å²) in [6.45, 7) is 2.75. The van der Waals surface area contributed by atoms with Crippen LogP contribution in [0.2, 0.25) is 0 Å². The number of hydrogen-bond donors (Lipinski definition) is 1. The molecule has 1 aliphatic heterocycles. The standard InChI is InChI=1S/C13H17F2NO/c1-8-6-7-17-13(8)12(16-2)9-4-3-5-10(14)11(9)15/h3-5,8,12-13,16H,6-7H2,1-2H3. The van der Waals surface area contributed by atoms with Gasteiger partial charge in [-0.2, -0.15) is 0 Å². The third-order valence-electron chi connectivity index (χ3n) is 3.40. The number of hydrogen-bond acceptors (Lipinski definition) is 2.